The van der Waals surface area contributed by atoms with Gasteiger partial charge in [-0.2, -0.15) is 0 Å². The van der Waals surface area contributed by atoms with Crippen LogP contribution in [0.2, 0.25) is 0 Å². The first-order valence-corrected chi connectivity index (χ1v) is 14.2. The van der Waals surface area contributed by atoms with Gasteiger partial charge in [-0.3, -0.25) is 0 Å². The molecule has 0 fully saturated rings. The standard InChI is InChI=1S/C44H34/c1-26-20-22-35-37(27(26)2)24-28-12-11-18-36(42(28)35)43-33-16-7-5-14-31(33)41(32-15-6-8-17-34(32)43)29-21-23-40-38(25-29)30-13-9-10-19-39(30)44(40,3)4/h5-23,25H,24H2,1-4H3/i5D,6D,7D,8D,9D,10D,11D,12D,13D,14D,15D,16D,17D,18D,19D,20D,21D,22D,23D,25D. The summed E-state index contributed by atoms with van der Waals surface area (Å²) < 4.78 is 183. The van der Waals surface area contributed by atoms with Crippen molar-refractivity contribution in [1.82, 2.24) is 0 Å². The number of fused-ring (bicyclic) bond motifs is 8. The number of hydrogen-bond donors (Lipinski definition) is 0. The zero-order valence-electron chi connectivity index (χ0n) is 44.2. The van der Waals surface area contributed by atoms with Crippen LogP contribution < -0.4 is 0 Å². The fourth-order valence-electron chi connectivity index (χ4n) is 6.80. The highest BCUT2D eigenvalue weighted by molar-refractivity contribution is 6.22. The lowest BCUT2D eigenvalue weighted by Gasteiger charge is -2.22. The second-order valence-corrected chi connectivity index (χ2v) is 11.8. The summed E-state index contributed by atoms with van der Waals surface area (Å²) in [4.78, 5) is 0. The molecule has 0 aliphatic heterocycles. The third-order valence-electron chi connectivity index (χ3n) is 9.12. The van der Waals surface area contributed by atoms with Gasteiger partial charge in [-0.05, 0) is 126 Å². The van der Waals surface area contributed by atoms with Gasteiger partial charge in [0, 0.05) is 5.41 Å². The Morgan fingerprint density at radius 1 is 0.523 bits per heavy atom. The Hall–Kier alpha value is -4.94. The molecule has 0 radical (unpaired) electrons. The highest BCUT2D eigenvalue weighted by atomic mass is 14.4. The number of hydrogen-bond acceptors (Lipinski definition) is 0. The van der Waals surface area contributed by atoms with Crippen LogP contribution in [0, 0.1) is 13.8 Å². The van der Waals surface area contributed by atoms with Gasteiger partial charge in [0.2, 0.25) is 0 Å². The smallest absolute Gasteiger partial charge is 0.0619 e. The molecule has 2 aliphatic rings. The van der Waals surface area contributed by atoms with E-state index >= 15 is 0 Å². The Morgan fingerprint density at radius 2 is 1.14 bits per heavy atom. The minimum atomic E-state index is -1.37. The summed E-state index contributed by atoms with van der Waals surface area (Å²) in [6, 6.07) is -12.5. The van der Waals surface area contributed by atoms with Crippen molar-refractivity contribution >= 4 is 21.5 Å². The molecule has 0 spiro atoms. The molecule has 7 aromatic carbocycles. The largest absolute Gasteiger partial charge is 0.0636 e. The highest BCUT2D eigenvalue weighted by Gasteiger charge is 2.35. The Kier molecular flexibility index (Phi) is 2.58. The maximum Gasteiger partial charge on any atom is 0.0636 e. The molecule has 0 nitrogen and oxygen atoms in total. The molecule has 7 aromatic rings. The van der Waals surface area contributed by atoms with E-state index in [0.717, 1.165) is 0 Å². The van der Waals surface area contributed by atoms with Crippen LogP contribution in [0.4, 0.5) is 0 Å². The SMILES string of the molecule is [2H]c1c([2H])c2c(c(-c3c4c([2H])c([2H])c([2H])c([2H])c4c(-c4c([2H])c([2H])c5c(c4[2H])-c4c([2H])c([2H])c([2H])c([2H])c4C5(C)C)c4c([2H])c([2H])c([2H])c([2H])c34)c1[2H])-c1c([2H])c([2H])c(C)c(C)c1C2. The summed E-state index contributed by atoms with van der Waals surface area (Å²) in [5, 5.41) is -1.86. The fourth-order valence-corrected chi connectivity index (χ4v) is 6.80. The summed E-state index contributed by atoms with van der Waals surface area (Å²) >= 11 is 0. The van der Waals surface area contributed by atoms with E-state index in [1.54, 1.807) is 27.7 Å². The van der Waals surface area contributed by atoms with Crippen LogP contribution in [-0.2, 0) is 11.8 Å². The van der Waals surface area contributed by atoms with Gasteiger partial charge < -0.3 is 0 Å². The number of rotatable bonds is 2. The van der Waals surface area contributed by atoms with Crippen LogP contribution in [-0.4, -0.2) is 0 Å². The minimum absolute atomic E-state index is 0.0130. The Labute approximate surface area is 287 Å². The molecule has 0 heteroatoms. The molecular weight excluding hydrogens is 528 g/mol. The molecule has 0 unspecified atom stereocenters. The quantitative estimate of drug-likeness (QED) is 0.178. The first kappa shape index (κ1) is 12.6. The van der Waals surface area contributed by atoms with E-state index in [4.69, 9.17) is 15.1 Å². The van der Waals surface area contributed by atoms with Gasteiger partial charge in [0.1, 0.15) is 0 Å². The van der Waals surface area contributed by atoms with Crippen LogP contribution >= 0.6 is 0 Å². The van der Waals surface area contributed by atoms with Gasteiger partial charge in [0.15, 0.2) is 0 Å². The second kappa shape index (κ2) is 9.04. The van der Waals surface area contributed by atoms with Crippen LogP contribution in [0.5, 0.6) is 0 Å². The van der Waals surface area contributed by atoms with Crippen molar-refractivity contribution in [3.05, 3.63) is 154 Å². The lowest BCUT2D eigenvalue weighted by Crippen LogP contribution is -2.14. The molecule has 2 aliphatic carbocycles. The topological polar surface area (TPSA) is 0 Å². The van der Waals surface area contributed by atoms with E-state index in [-0.39, 0.29) is 74.6 Å². The van der Waals surface area contributed by atoms with Gasteiger partial charge in [-0.1, -0.05) is 129 Å². The second-order valence-electron chi connectivity index (χ2n) is 11.8. The van der Waals surface area contributed by atoms with Crippen LogP contribution in [0.1, 0.15) is 74.6 Å². The fraction of sp³-hybridized carbons (Fsp3) is 0.136. The molecule has 0 amide bonds. The lowest BCUT2D eigenvalue weighted by molar-refractivity contribution is 0.660. The van der Waals surface area contributed by atoms with E-state index in [2.05, 4.69) is 0 Å². The van der Waals surface area contributed by atoms with Gasteiger partial charge >= 0.3 is 0 Å². The third-order valence-corrected chi connectivity index (χ3v) is 9.12. The first-order chi connectivity index (χ1) is 29.8. The molecule has 0 bridgehead atoms. The van der Waals surface area contributed by atoms with Gasteiger partial charge in [0.05, 0.1) is 27.4 Å². The lowest BCUT2D eigenvalue weighted by atomic mass is 9.81. The average molecular weight is 583 g/mol. The van der Waals surface area contributed by atoms with Crippen molar-refractivity contribution in [2.45, 2.75) is 39.5 Å². The molecule has 0 aromatic heterocycles. The molecule has 44 heavy (non-hydrogen) atoms. The Balaban J connectivity index is 1.62. The molecular formula is C44H34. The molecule has 0 heterocycles. The monoisotopic (exact) mass is 582 g/mol. The summed E-state index contributed by atoms with van der Waals surface area (Å²) in [6.45, 7) is 6.58. The summed E-state index contributed by atoms with van der Waals surface area (Å²) in [5.41, 5.74) is -1.36. The Bertz CT molecular complexity index is 3380. The zero-order chi connectivity index (χ0) is 47.1. The Morgan fingerprint density at radius 3 is 1.86 bits per heavy atom. The van der Waals surface area contributed by atoms with Gasteiger partial charge in [-0.15, -0.1) is 0 Å². The minimum Gasteiger partial charge on any atom is -0.0619 e. The molecule has 0 saturated carbocycles. The van der Waals surface area contributed by atoms with Crippen molar-refractivity contribution in [2.75, 3.05) is 0 Å². The predicted octanol–water partition coefficient (Wildman–Crippen LogP) is 11.8. The molecule has 9 rings (SSSR count). The van der Waals surface area contributed by atoms with E-state index in [9.17, 15) is 12.3 Å². The van der Waals surface area contributed by atoms with Crippen molar-refractivity contribution in [1.29, 1.82) is 0 Å². The van der Waals surface area contributed by atoms with E-state index in [1.807, 2.05) is 0 Å². The van der Waals surface area contributed by atoms with Gasteiger partial charge in [-0.25, -0.2) is 0 Å². The van der Waals surface area contributed by atoms with Crippen LogP contribution in [0.15, 0.2) is 121 Å². The molecule has 0 N–H and O–H groups in total. The first-order valence-electron chi connectivity index (χ1n) is 24.2. The van der Waals surface area contributed by atoms with Crippen molar-refractivity contribution in [3.63, 3.8) is 0 Å². The predicted molar refractivity (Wildman–Crippen MR) is 188 cm³/mol. The normalized spacial score (nSPS) is 20.4. The van der Waals surface area contributed by atoms with Crippen molar-refractivity contribution in [3.8, 4) is 44.5 Å². The van der Waals surface area contributed by atoms with E-state index in [1.165, 1.54) is 0 Å². The van der Waals surface area contributed by atoms with E-state index in [0.29, 0.717) is 16.7 Å². The third kappa shape index (κ3) is 3.34. The summed E-state index contributed by atoms with van der Waals surface area (Å²) in [5.74, 6) is 0. The van der Waals surface area contributed by atoms with Crippen LogP contribution in [0.3, 0.4) is 0 Å². The highest BCUT2D eigenvalue weighted by Crippen LogP contribution is 2.52. The molecule has 210 valence electrons. The summed E-state index contributed by atoms with van der Waals surface area (Å²) in [7, 11) is 0. The number of benzene rings is 7. The van der Waals surface area contributed by atoms with Crippen molar-refractivity contribution in [2.24, 2.45) is 0 Å². The zero-order valence-corrected chi connectivity index (χ0v) is 24.2. The maximum absolute atomic E-state index is 9.90. The molecule has 0 saturated heterocycles. The maximum atomic E-state index is 9.90. The van der Waals surface area contributed by atoms with Gasteiger partial charge in [0.25, 0.3) is 0 Å². The summed E-state index contributed by atoms with van der Waals surface area (Å²) in [6.07, 6.45) is -0.0190. The van der Waals surface area contributed by atoms with E-state index < -0.39 is 141 Å². The molecule has 0 atom stereocenters. The van der Waals surface area contributed by atoms with Crippen molar-refractivity contribution < 1.29 is 27.4 Å². The van der Waals surface area contributed by atoms with Crippen LogP contribution in [0.25, 0.3) is 66.1 Å². The average Bonchev–Trinajstić information content (AvgIpc) is 3.77.